The summed E-state index contributed by atoms with van der Waals surface area (Å²) in [7, 11) is 0. The van der Waals surface area contributed by atoms with Gasteiger partial charge in [0.15, 0.2) is 5.92 Å². The molecule has 0 aromatic rings. The minimum Gasteiger partial charge on any atom is -0.481 e. The summed E-state index contributed by atoms with van der Waals surface area (Å²) in [6.45, 7) is 8.07. The first kappa shape index (κ1) is 18.3. The van der Waals surface area contributed by atoms with Gasteiger partial charge in [-0.2, -0.15) is 0 Å². The third-order valence-corrected chi connectivity index (χ3v) is 3.38. The summed E-state index contributed by atoms with van der Waals surface area (Å²) in [5, 5.41) is 9.15. The van der Waals surface area contributed by atoms with Gasteiger partial charge in [-0.05, 0) is 46.5 Å². The van der Waals surface area contributed by atoms with Crippen molar-refractivity contribution in [3.63, 3.8) is 0 Å². The molecular formula is C15H25NO6. The van der Waals surface area contributed by atoms with Crippen molar-refractivity contribution >= 4 is 18.0 Å². The second-order valence-corrected chi connectivity index (χ2v) is 6.46. The highest BCUT2D eigenvalue weighted by atomic mass is 16.6. The highest BCUT2D eigenvalue weighted by Crippen LogP contribution is 2.26. The molecule has 1 amide bonds. The fraction of sp³-hybridized carbons (Fsp3) is 0.800. The zero-order valence-electron chi connectivity index (χ0n) is 13.6. The number of likely N-dealkylation sites (tertiary alicyclic amines) is 1. The van der Waals surface area contributed by atoms with Gasteiger partial charge >= 0.3 is 18.0 Å². The van der Waals surface area contributed by atoms with E-state index in [0.29, 0.717) is 19.5 Å². The summed E-state index contributed by atoms with van der Waals surface area (Å²) in [5.74, 6) is -3.12. The largest absolute Gasteiger partial charge is 0.481 e. The average Bonchev–Trinajstić information content (AvgIpc) is 2.82. The van der Waals surface area contributed by atoms with Gasteiger partial charge in [-0.1, -0.05) is 0 Å². The number of nitrogens with zero attached hydrogens (tertiary/aromatic N) is 1. The Morgan fingerprint density at radius 2 is 1.95 bits per heavy atom. The van der Waals surface area contributed by atoms with Crippen LogP contribution in [0.4, 0.5) is 4.79 Å². The number of esters is 1. The van der Waals surface area contributed by atoms with E-state index in [9.17, 15) is 14.4 Å². The number of carbonyl (C=O) groups is 3. The Hall–Kier alpha value is -1.79. The zero-order valence-corrected chi connectivity index (χ0v) is 13.6. The minimum absolute atomic E-state index is 0.0435. The van der Waals surface area contributed by atoms with Crippen LogP contribution in [0.5, 0.6) is 0 Å². The number of rotatable bonds is 5. The molecule has 1 aliphatic heterocycles. The number of carbonyl (C=O) groups excluding carboxylic acids is 2. The van der Waals surface area contributed by atoms with Gasteiger partial charge in [0.25, 0.3) is 0 Å². The molecule has 1 N–H and O–H groups in total. The number of carboxylic acid groups (broad SMARTS) is 1. The molecule has 1 saturated heterocycles. The Kier molecular flexibility index (Phi) is 6.20. The fourth-order valence-electron chi connectivity index (χ4n) is 2.39. The summed E-state index contributed by atoms with van der Waals surface area (Å²) in [6, 6.07) is 0. The topological polar surface area (TPSA) is 93.1 Å². The maximum absolute atomic E-state index is 12.0. The number of hydrogen-bond acceptors (Lipinski definition) is 5. The summed E-state index contributed by atoms with van der Waals surface area (Å²) in [5.41, 5.74) is -0.566. The Morgan fingerprint density at radius 1 is 1.32 bits per heavy atom. The van der Waals surface area contributed by atoms with Crippen molar-refractivity contribution in [2.75, 3.05) is 19.7 Å². The Bertz CT molecular complexity index is 428. The van der Waals surface area contributed by atoms with Crippen LogP contribution in [0.25, 0.3) is 0 Å². The lowest BCUT2D eigenvalue weighted by atomic mass is 9.94. The van der Waals surface area contributed by atoms with Gasteiger partial charge in [0, 0.05) is 13.1 Å². The second kappa shape index (κ2) is 7.47. The molecular weight excluding hydrogens is 290 g/mol. The van der Waals surface area contributed by atoms with Crippen LogP contribution in [-0.4, -0.2) is 53.3 Å². The van der Waals surface area contributed by atoms with Gasteiger partial charge in [0.05, 0.1) is 6.61 Å². The molecule has 1 rings (SSSR count). The van der Waals surface area contributed by atoms with Crippen molar-refractivity contribution in [1.82, 2.24) is 4.90 Å². The van der Waals surface area contributed by atoms with Crippen LogP contribution in [0.15, 0.2) is 0 Å². The third-order valence-electron chi connectivity index (χ3n) is 3.38. The molecule has 0 spiro atoms. The summed E-state index contributed by atoms with van der Waals surface area (Å²) in [4.78, 5) is 36.4. The Labute approximate surface area is 130 Å². The van der Waals surface area contributed by atoms with Crippen LogP contribution in [0, 0.1) is 11.8 Å². The van der Waals surface area contributed by atoms with E-state index in [1.54, 1.807) is 32.6 Å². The van der Waals surface area contributed by atoms with E-state index < -0.39 is 29.6 Å². The highest BCUT2D eigenvalue weighted by molar-refractivity contribution is 5.93. The third kappa shape index (κ3) is 5.54. The second-order valence-electron chi connectivity index (χ2n) is 6.46. The highest BCUT2D eigenvalue weighted by Gasteiger charge is 2.36. The molecule has 7 nitrogen and oxygen atoms in total. The van der Waals surface area contributed by atoms with Gasteiger partial charge < -0.3 is 19.5 Å². The SMILES string of the molecule is CCOC(=O)C(CC1CCN(C(=O)OC(C)(C)C)C1)C(=O)O. The van der Waals surface area contributed by atoms with Gasteiger partial charge in [0.1, 0.15) is 5.60 Å². The first-order valence-corrected chi connectivity index (χ1v) is 7.51. The lowest BCUT2D eigenvalue weighted by Gasteiger charge is -2.24. The van der Waals surface area contributed by atoms with Crippen LogP contribution >= 0.6 is 0 Å². The van der Waals surface area contributed by atoms with Crippen molar-refractivity contribution in [1.29, 1.82) is 0 Å². The molecule has 0 aliphatic carbocycles. The van der Waals surface area contributed by atoms with Crippen molar-refractivity contribution in [2.24, 2.45) is 11.8 Å². The van der Waals surface area contributed by atoms with E-state index in [1.165, 1.54) is 0 Å². The Morgan fingerprint density at radius 3 is 2.45 bits per heavy atom. The standard InChI is InChI=1S/C15H25NO6/c1-5-21-13(19)11(12(17)18)8-10-6-7-16(9-10)14(20)22-15(2,3)4/h10-11H,5-9H2,1-4H3,(H,17,18). The quantitative estimate of drug-likeness (QED) is 0.615. The molecule has 0 aromatic heterocycles. The fourth-order valence-corrected chi connectivity index (χ4v) is 2.39. The van der Waals surface area contributed by atoms with Crippen LogP contribution in [0.1, 0.15) is 40.5 Å². The molecule has 126 valence electrons. The number of ether oxygens (including phenoxy) is 2. The monoisotopic (exact) mass is 315 g/mol. The van der Waals surface area contributed by atoms with E-state index in [1.807, 2.05) is 0 Å². The van der Waals surface area contributed by atoms with E-state index in [0.717, 1.165) is 0 Å². The van der Waals surface area contributed by atoms with E-state index in [2.05, 4.69) is 0 Å². The van der Waals surface area contributed by atoms with Gasteiger partial charge in [-0.15, -0.1) is 0 Å². The lowest BCUT2D eigenvalue weighted by molar-refractivity contribution is -0.159. The molecule has 1 aliphatic rings. The predicted octanol–water partition coefficient (Wildman–Crippen LogP) is 1.90. The average molecular weight is 315 g/mol. The van der Waals surface area contributed by atoms with Crippen LogP contribution in [0.2, 0.25) is 0 Å². The van der Waals surface area contributed by atoms with Gasteiger partial charge in [0.2, 0.25) is 0 Å². The van der Waals surface area contributed by atoms with Crippen LogP contribution < -0.4 is 0 Å². The maximum atomic E-state index is 12.0. The van der Waals surface area contributed by atoms with E-state index >= 15 is 0 Å². The minimum atomic E-state index is -1.19. The molecule has 7 heteroatoms. The zero-order chi connectivity index (χ0) is 16.9. The molecule has 0 saturated carbocycles. The van der Waals surface area contributed by atoms with E-state index in [-0.39, 0.29) is 18.9 Å². The first-order chi connectivity index (χ1) is 10.1. The van der Waals surface area contributed by atoms with Crippen molar-refractivity contribution in [3.8, 4) is 0 Å². The summed E-state index contributed by atoms with van der Waals surface area (Å²) in [6.07, 6.45) is 0.425. The molecule has 0 aromatic carbocycles. The molecule has 2 atom stereocenters. The molecule has 1 heterocycles. The number of amides is 1. The molecule has 22 heavy (non-hydrogen) atoms. The molecule has 1 fully saturated rings. The first-order valence-electron chi connectivity index (χ1n) is 7.51. The predicted molar refractivity (Wildman–Crippen MR) is 78.3 cm³/mol. The Balaban J connectivity index is 2.56. The van der Waals surface area contributed by atoms with Gasteiger partial charge in [-0.25, -0.2) is 4.79 Å². The van der Waals surface area contributed by atoms with Crippen molar-refractivity contribution < 1.29 is 29.0 Å². The van der Waals surface area contributed by atoms with Crippen molar-refractivity contribution in [2.45, 2.75) is 46.1 Å². The maximum Gasteiger partial charge on any atom is 0.410 e. The molecule has 2 unspecified atom stereocenters. The number of hydrogen-bond donors (Lipinski definition) is 1. The van der Waals surface area contributed by atoms with Crippen molar-refractivity contribution in [3.05, 3.63) is 0 Å². The van der Waals surface area contributed by atoms with Crippen LogP contribution in [0.3, 0.4) is 0 Å². The normalized spacial score (nSPS) is 19.6. The molecule has 0 bridgehead atoms. The van der Waals surface area contributed by atoms with Gasteiger partial charge in [-0.3, -0.25) is 9.59 Å². The lowest BCUT2D eigenvalue weighted by Crippen LogP contribution is -2.36. The molecule has 0 radical (unpaired) electrons. The summed E-state index contributed by atoms with van der Waals surface area (Å²) < 4.78 is 10.1. The van der Waals surface area contributed by atoms with Crippen LogP contribution in [-0.2, 0) is 19.1 Å². The number of aliphatic carboxylic acids is 1. The smallest absolute Gasteiger partial charge is 0.410 e. The summed E-state index contributed by atoms with van der Waals surface area (Å²) >= 11 is 0. The number of carboxylic acids is 1. The van der Waals surface area contributed by atoms with E-state index in [4.69, 9.17) is 14.6 Å².